The van der Waals surface area contributed by atoms with Gasteiger partial charge in [-0.3, -0.25) is 24.0 Å². The molecule has 25 heavy (non-hydrogen) atoms. The molecule has 10 heteroatoms. The van der Waals surface area contributed by atoms with E-state index in [1.807, 2.05) is 0 Å². The maximum Gasteiger partial charge on any atom is 0.305 e. The number of esters is 4. The van der Waals surface area contributed by atoms with E-state index >= 15 is 0 Å². The summed E-state index contributed by atoms with van der Waals surface area (Å²) in [5, 5.41) is 0. The van der Waals surface area contributed by atoms with E-state index in [0.29, 0.717) is 0 Å². The van der Waals surface area contributed by atoms with Gasteiger partial charge < -0.3 is 23.7 Å². The van der Waals surface area contributed by atoms with Crippen LogP contribution in [0.2, 0.25) is 0 Å². The molecule has 0 spiro atoms. The monoisotopic (exact) mass is 360 g/mol. The van der Waals surface area contributed by atoms with E-state index in [0.717, 1.165) is 27.7 Å². The van der Waals surface area contributed by atoms with E-state index in [1.54, 1.807) is 0 Å². The van der Waals surface area contributed by atoms with Crippen molar-refractivity contribution < 1.29 is 47.7 Å². The zero-order valence-electron chi connectivity index (χ0n) is 14.3. The van der Waals surface area contributed by atoms with E-state index in [9.17, 15) is 24.0 Å². The Kier molecular flexibility index (Phi) is 6.89. The first kappa shape index (κ1) is 20.4. The van der Waals surface area contributed by atoms with Gasteiger partial charge in [-0.15, -0.1) is 0 Å². The minimum absolute atomic E-state index is 0.0603. The summed E-state index contributed by atoms with van der Waals surface area (Å²) in [6.07, 6.45) is -4.07. The second kappa shape index (κ2) is 8.45. The lowest BCUT2D eigenvalue weighted by atomic mass is 9.86. The molecule has 2 atom stereocenters. The van der Waals surface area contributed by atoms with Gasteiger partial charge in [0.15, 0.2) is 6.10 Å². The second-order valence-electron chi connectivity index (χ2n) is 5.50. The molecule has 1 aliphatic rings. The minimum atomic E-state index is -1.83. The Balaban J connectivity index is 3.26. The van der Waals surface area contributed by atoms with Crippen molar-refractivity contribution in [2.45, 2.75) is 64.6 Å². The summed E-state index contributed by atoms with van der Waals surface area (Å²) >= 11 is 0. The van der Waals surface area contributed by atoms with E-state index in [4.69, 9.17) is 23.7 Å². The highest BCUT2D eigenvalue weighted by atomic mass is 16.7. The van der Waals surface area contributed by atoms with Crippen LogP contribution in [0.15, 0.2) is 0 Å². The van der Waals surface area contributed by atoms with Gasteiger partial charge in [0.2, 0.25) is 0 Å². The molecule has 0 radical (unpaired) electrons. The standard InChI is InChI=1S/C15H20O10/c1-8(17)22-12-5-15(21-7-16,25-11(4)20)6-13(23-9(2)18)14(12)24-10(3)19/h7,12-14H,5-6H2,1-4H3. The number of carbonyl (C=O) groups excluding carboxylic acids is 5. The molecule has 0 bridgehead atoms. The molecular weight excluding hydrogens is 340 g/mol. The highest BCUT2D eigenvalue weighted by Crippen LogP contribution is 2.37. The highest BCUT2D eigenvalue weighted by molar-refractivity contribution is 5.69. The molecule has 2 unspecified atom stereocenters. The fraction of sp³-hybridized carbons (Fsp3) is 0.667. The van der Waals surface area contributed by atoms with Crippen LogP contribution >= 0.6 is 0 Å². The van der Waals surface area contributed by atoms with Gasteiger partial charge >= 0.3 is 23.9 Å². The van der Waals surface area contributed by atoms with Gasteiger partial charge in [-0.05, 0) is 0 Å². The van der Waals surface area contributed by atoms with Crippen LogP contribution in [0.3, 0.4) is 0 Å². The van der Waals surface area contributed by atoms with Crippen LogP contribution < -0.4 is 0 Å². The Labute approximate surface area is 143 Å². The third-order valence-electron chi connectivity index (χ3n) is 3.29. The Hall–Kier alpha value is -2.65. The smallest absolute Gasteiger partial charge is 0.305 e. The zero-order valence-corrected chi connectivity index (χ0v) is 14.3. The molecule has 0 aromatic carbocycles. The number of carbonyl (C=O) groups is 5. The predicted molar refractivity (Wildman–Crippen MR) is 77.5 cm³/mol. The third-order valence-corrected chi connectivity index (χ3v) is 3.29. The van der Waals surface area contributed by atoms with Gasteiger partial charge in [0.05, 0.1) is 12.8 Å². The molecule has 0 N–H and O–H groups in total. The lowest BCUT2D eigenvalue weighted by molar-refractivity contribution is -0.270. The van der Waals surface area contributed by atoms with Crippen molar-refractivity contribution in [3.8, 4) is 0 Å². The minimum Gasteiger partial charge on any atom is -0.458 e. The second-order valence-corrected chi connectivity index (χ2v) is 5.50. The Morgan fingerprint density at radius 1 is 0.800 bits per heavy atom. The summed E-state index contributed by atoms with van der Waals surface area (Å²) < 4.78 is 25.3. The van der Waals surface area contributed by atoms with Crippen LogP contribution in [0.5, 0.6) is 0 Å². The molecule has 1 saturated carbocycles. The average molecular weight is 360 g/mol. The Bertz CT molecular complexity index is 529. The third kappa shape index (κ3) is 6.05. The SMILES string of the molecule is CC(=O)OC1CC(OC=O)(OC(C)=O)CC(OC(C)=O)C1OC(C)=O. The van der Waals surface area contributed by atoms with Gasteiger partial charge in [0.25, 0.3) is 12.3 Å². The van der Waals surface area contributed by atoms with Gasteiger partial charge in [-0.25, -0.2) is 0 Å². The molecule has 0 aromatic rings. The molecule has 0 saturated heterocycles. The largest absolute Gasteiger partial charge is 0.458 e. The molecular formula is C15H20O10. The molecule has 1 fully saturated rings. The van der Waals surface area contributed by atoms with Crippen molar-refractivity contribution in [3.05, 3.63) is 0 Å². The van der Waals surface area contributed by atoms with Crippen LogP contribution in [-0.2, 0) is 47.7 Å². The number of rotatable bonds is 6. The van der Waals surface area contributed by atoms with Crippen LogP contribution in [0.4, 0.5) is 0 Å². The van der Waals surface area contributed by atoms with Gasteiger partial charge in [-0.1, -0.05) is 0 Å². The fourth-order valence-electron chi connectivity index (χ4n) is 2.71. The molecule has 0 heterocycles. The summed E-state index contributed by atoms with van der Waals surface area (Å²) in [6.45, 7) is 4.52. The highest BCUT2D eigenvalue weighted by Gasteiger charge is 2.54. The van der Waals surface area contributed by atoms with Gasteiger partial charge in [-0.2, -0.15) is 0 Å². The van der Waals surface area contributed by atoms with Gasteiger partial charge in [0, 0.05) is 27.7 Å². The first-order valence-electron chi connectivity index (χ1n) is 7.41. The van der Waals surface area contributed by atoms with E-state index < -0.39 is 48.0 Å². The first-order chi connectivity index (χ1) is 11.6. The Morgan fingerprint density at radius 3 is 1.56 bits per heavy atom. The molecule has 1 rings (SSSR count). The topological polar surface area (TPSA) is 132 Å². The van der Waals surface area contributed by atoms with Crippen LogP contribution in [0.1, 0.15) is 40.5 Å². The normalized spacial score (nSPS) is 28.2. The van der Waals surface area contributed by atoms with E-state index in [-0.39, 0.29) is 19.3 Å². The molecule has 1 aliphatic carbocycles. The Morgan fingerprint density at radius 2 is 1.24 bits per heavy atom. The molecule has 0 aliphatic heterocycles. The quantitative estimate of drug-likeness (QED) is 0.276. The van der Waals surface area contributed by atoms with Crippen molar-refractivity contribution in [2.75, 3.05) is 0 Å². The fourth-order valence-corrected chi connectivity index (χ4v) is 2.71. The number of ether oxygens (including phenoxy) is 5. The summed E-state index contributed by atoms with van der Waals surface area (Å²) in [7, 11) is 0. The summed E-state index contributed by atoms with van der Waals surface area (Å²) in [4.78, 5) is 56.4. The van der Waals surface area contributed by atoms with Crippen LogP contribution in [0, 0.1) is 0 Å². The summed E-state index contributed by atoms with van der Waals surface area (Å²) in [6, 6.07) is 0. The number of hydrogen-bond acceptors (Lipinski definition) is 10. The lowest BCUT2D eigenvalue weighted by Crippen LogP contribution is -2.58. The van der Waals surface area contributed by atoms with E-state index in [1.165, 1.54) is 0 Å². The molecule has 0 aromatic heterocycles. The van der Waals surface area contributed by atoms with Crippen LogP contribution in [-0.4, -0.2) is 54.4 Å². The molecule has 0 amide bonds. The zero-order chi connectivity index (χ0) is 19.2. The predicted octanol–water partition coefficient (Wildman–Crippen LogP) is 0.00770. The van der Waals surface area contributed by atoms with Crippen molar-refractivity contribution >= 4 is 30.3 Å². The average Bonchev–Trinajstić information content (AvgIpc) is 2.40. The first-order valence-corrected chi connectivity index (χ1v) is 7.41. The van der Waals surface area contributed by atoms with Crippen molar-refractivity contribution in [1.82, 2.24) is 0 Å². The van der Waals surface area contributed by atoms with Crippen LogP contribution in [0.25, 0.3) is 0 Å². The maximum absolute atomic E-state index is 11.4. The molecule has 140 valence electrons. The van der Waals surface area contributed by atoms with Crippen molar-refractivity contribution in [1.29, 1.82) is 0 Å². The number of hydrogen-bond donors (Lipinski definition) is 0. The van der Waals surface area contributed by atoms with Crippen molar-refractivity contribution in [2.24, 2.45) is 0 Å². The summed E-state index contributed by atoms with van der Waals surface area (Å²) in [5.74, 6) is -4.72. The maximum atomic E-state index is 11.4. The lowest BCUT2D eigenvalue weighted by Gasteiger charge is -2.44. The van der Waals surface area contributed by atoms with Crippen molar-refractivity contribution in [3.63, 3.8) is 0 Å². The molecule has 10 nitrogen and oxygen atoms in total. The summed E-state index contributed by atoms with van der Waals surface area (Å²) in [5.41, 5.74) is 0. The van der Waals surface area contributed by atoms with Gasteiger partial charge in [0.1, 0.15) is 12.2 Å². The van der Waals surface area contributed by atoms with E-state index in [2.05, 4.69) is 0 Å².